The molecule has 3 aromatic rings. The molecule has 0 amide bonds. The van der Waals surface area contributed by atoms with Crippen molar-refractivity contribution in [2.45, 2.75) is 0 Å². The molecule has 0 bridgehead atoms. The summed E-state index contributed by atoms with van der Waals surface area (Å²) in [5, 5.41) is 2.66. The van der Waals surface area contributed by atoms with Crippen LogP contribution in [0.15, 0.2) is 86.0 Å². The van der Waals surface area contributed by atoms with Gasteiger partial charge in [-0.15, -0.1) is 42.8 Å². The van der Waals surface area contributed by atoms with E-state index in [0.717, 1.165) is 0 Å². The van der Waals surface area contributed by atoms with Crippen molar-refractivity contribution in [2.75, 3.05) is 0 Å². The van der Waals surface area contributed by atoms with E-state index in [0.29, 0.717) is 0 Å². The molecule has 0 atom stereocenters. The Bertz CT molecular complexity index is 439. The van der Waals surface area contributed by atoms with Crippen LogP contribution in [0.3, 0.4) is 0 Å². The van der Waals surface area contributed by atoms with Gasteiger partial charge in [0.05, 0.1) is 0 Å². The minimum Gasteiger partial charge on any atom is -1.00 e. The zero-order valence-corrected chi connectivity index (χ0v) is 13.7. The van der Waals surface area contributed by atoms with Crippen molar-refractivity contribution in [3.63, 3.8) is 0 Å². The normalized spacial score (nSPS) is 7.16. The average Bonchev–Trinajstić information content (AvgIpc) is 3.06. The quantitative estimate of drug-likeness (QED) is 0.276. The third-order valence-corrected chi connectivity index (χ3v) is 2.10. The largest absolute Gasteiger partial charge is 4.00 e. The second kappa shape index (κ2) is 15.3. The third-order valence-electron chi connectivity index (χ3n) is 2.10. The molecule has 0 fully saturated rings. The van der Waals surface area contributed by atoms with Crippen molar-refractivity contribution >= 4 is 10.8 Å². The first kappa shape index (κ1) is 23.3. The molecule has 0 heterocycles. The molecule has 3 aromatic carbocycles. The monoisotopic (exact) mass is 326 g/mol. The van der Waals surface area contributed by atoms with Crippen LogP contribution in [-0.2, 0) is 21.7 Å². The van der Waals surface area contributed by atoms with Crippen LogP contribution in [0.4, 0.5) is 0 Å². The number of fused-ring (bicyclic) bond motifs is 1. The van der Waals surface area contributed by atoms with Crippen molar-refractivity contribution in [1.82, 2.24) is 0 Å². The predicted octanol–water partition coefficient (Wildman–Crippen LogP) is -1.23. The molecule has 0 aliphatic carbocycles. The molecule has 0 N–H and O–H groups in total. The van der Waals surface area contributed by atoms with E-state index < -0.39 is 0 Å². The zero-order valence-electron chi connectivity index (χ0n) is 10.6. The second-order valence-electron chi connectivity index (χ2n) is 3.12. The second-order valence-corrected chi connectivity index (χ2v) is 3.12. The van der Waals surface area contributed by atoms with Crippen LogP contribution in [-0.4, -0.2) is 0 Å². The molecule has 0 spiro atoms. The first-order valence-corrected chi connectivity index (χ1v) is 5.24. The van der Waals surface area contributed by atoms with Crippen molar-refractivity contribution in [1.29, 1.82) is 0 Å². The number of hydrogen-bond donors (Lipinski definition) is 0. The molecule has 3 heteroatoms. The number of halogens is 2. The predicted molar refractivity (Wildman–Crippen MR) is 72.8 cm³/mol. The molecule has 0 aliphatic heterocycles. The van der Waals surface area contributed by atoms with Crippen LogP contribution in [0.1, 0.15) is 0 Å². The van der Waals surface area contributed by atoms with Crippen LogP contribution in [0.5, 0.6) is 0 Å². The van der Waals surface area contributed by atoms with E-state index >= 15 is 0 Å². The maximum absolute atomic E-state index is 3.00. The van der Waals surface area contributed by atoms with E-state index in [1.54, 1.807) is 0 Å². The standard InChI is InChI=1S/C9H7.C5H5.C2H4.2ClH.Ti/c1-2-5-9-7-3-6-8(9)4-1;1-2-4-5-3-1;1-2;;;/h1-7H;1-5H;1-2H2;2*1H;/q2*-1;;;;+4/p-2. The zero-order chi connectivity index (χ0) is 11.6. The van der Waals surface area contributed by atoms with Gasteiger partial charge >= 0.3 is 21.7 Å². The summed E-state index contributed by atoms with van der Waals surface area (Å²) in [6, 6.07) is 24.7. The molecule has 0 unspecified atom stereocenters. The van der Waals surface area contributed by atoms with E-state index in [-0.39, 0.29) is 46.5 Å². The fourth-order valence-electron chi connectivity index (χ4n) is 1.39. The Labute approximate surface area is 143 Å². The molecule has 98 valence electrons. The summed E-state index contributed by atoms with van der Waals surface area (Å²) in [6.45, 7) is 6.00. The topological polar surface area (TPSA) is 0 Å². The van der Waals surface area contributed by atoms with Gasteiger partial charge in [-0.1, -0.05) is 6.07 Å². The third kappa shape index (κ3) is 8.85. The first-order chi connectivity index (χ1) is 7.97. The van der Waals surface area contributed by atoms with Gasteiger partial charge in [0.1, 0.15) is 0 Å². The van der Waals surface area contributed by atoms with Gasteiger partial charge in [0.25, 0.3) is 0 Å². The van der Waals surface area contributed by atoms with E-state index in [4.69, 9.17) is 0 Å². The number of hydrogen-bond acceptors (Lipinski definition) is 0. The molecule has 0 aromatic heterocycles. The summed E-state index contributed by atoms with van der Waals surface area (Å²) in [7, 11) is 0. The van der Waals surface area contributed by atoms with Gasteiger partial charge in [-0.05, 0) is 0 Å². The summed E-state index contributed by atoms with van der Waals surface area (Å²) in [4.78, 5) is 0. The van der Waals surface area contributed by atoms with E-state index in [9.17, 15) is 0 Å². The Morgan fingerprint density at radius 2 is 1.32 bits per heavy atom. The van der Waals surface area contributed by atoms with E-state index in [1.807, 2.05) is 30.3 Å². The molecule has 0 saturated carbocycles. The van der Waals surface area contributed by atoms with Gasteiger partial charge in [-0.2, -0.15) is 35.7 Å². The van der Waals surface area contributed by atoms with Crippen molar-refractivity contribution < 1.29 is 46.5 Å². The maximum Gasteiger partial charge on any atom is 4.00 e. The molecule has 0 nitrogen and oxygen atoms in total. The molecule has 19 heavy (non-hydrogen) atoms. The molecule has 0 radical (unpaired) electrons. The van der Waals surface area contributed by atoms with Crippen LogP contribution >= 0.6 is 0 Å². The van der Waals surface area contributed by atoms with Crippen LogP contribution in [0.25, 0.3) is 10.8 Å². The summed E-state index contributed by atoms with van der Waals surface area (Å²) < 4.78 is 0. The Kier molecular flexibility index (Phi) is 18.7. The Morgan fingerprint density at radius 3 is 1.79 bits per heavy atom. The van der Waals surface area contributed by atoms with Gasteiger partial charge < -0.3 is 24.8 Å². The maximum atomic E-state index is 3.00. The molecule has 0 aliphatic rings. The van der Waals surface area contributed by atoms with Gasteiger partial charge in [0, 0.05) is 0 Å². The minimum atomic E-state index is 0. The van der Waals surface area contributed by atoms with Gasteiger partial charge in [-0.25, -0.2) is 12.1 Å². The molecular weight excluding hydrogens is 311 g/mol. The summed E-state index contributed by atoms with van der Waals surface area (Å²) >= 11 is 0. The average molecular weight is 327 g/mol. The molecule has 3 rings (SSSR count). The van der Waals surface area contributed by atoms with Crippen molar-refractivity contribution in [3.05, 3.63) is 86.0 Å². The van der Waals surface area contributed by atoms with Crippen molar-refractivity contribution in [2.24, 2.45) is 0 Å². The molecule has 0 saturated heterocycles. The van der Waals surface area contributed by atoms with Gasteiger partial charge in [0.2, 0.25) is 0 Å². The summed E-state index contributed by atoms with van der Waals surface area (Å²) in [5.41, 5.74) is 0. The van der Waals surface area contributed by atoms with E-state index in [2.05, 4.69) is 55.6 Å². The minimum absolute atomic E-state index is 0. The molecular formula is C16H16Cl2Ti. The van der Waals surface area contributed by atoms with Gasteiger partial charge in [-0.3, -0.25) is 0 Å². The SMILES string of the molecule is C=C.[Cl-].[Cl-].[Ti+4].c1cc[cH-]c1.c1ccc2[cH-]ccc2c1. The number of rotatable bonds is 0. The summed E-state index contributed by atoms with van der Waals surface area (Å²) in [5.74, 6) is 0. The fraction of sp³-hybridized carbons (Fsp3) is 0. The van der Waals surface area contributed by atoms with Crippen molar-refractivity contribution in [3.8, 4) is 0 Å². The smallest absolute Gasteiger partial charge is 1.00 e. The van der Waals surface area contributed by atoms with Crippen LogP contribution in [0.2, 0.25) is 0 Å². The first-order valence-electron chi connectivity index (χ1n) is 5.24. The van der Waals surface area contributed by atoms with Crippen LogP contribution < -0.4 is 24.8 Å². The summed E-state index contributed by atoms with van der Waals surface area (Å²) in [6.07, 6.45) is 0. The Balaban J connectivity index is -0.000000227. The van der Waals surface area contributed by atoms with Crippen LogP contribution in [0, 0.1) is 0 Å². The number of benzene rings is 1. The van der Waals surface area contributed by atoms with Gasteiger partial charge in [0.15, 0.2) is 0 Å². The Morgan fingerprint density at radius 1 is 0.737 bits per heavy atom. The fourth-order valence-corrected chi connectivity index (χ4v) is 1.39. The Hall–Kier alpha value is -0.786. The van der Waals surface area contributed by atoms with E-state index in [1.165, 1.54) is 10.8 Å².